The van der Waals surface area contributed by atoms with Gasteiger partial charge in [-0.1, -0.05) is 49.4 Å². The number of anilines is 1. The van der Waals surface area contributed by atoms with Crippen LogP contribution in [0.2, 0.25) is 0 Å². The third-order valence-corrected chi connectivity index (χ3v) is 5.83. The molecule has 1 saturated heterocycles. The van der Waals surface area contributed by atoms with Gasteiger partial charge in [0, 0.05) is 37.8 Å². The van der Waals surface area contributed by atoms with Crippen LogP contribution in [-0.4, -0.2) is 35.0 Å². The molecule has 1 aliphatic rings. The van der Waals surface area contributed by atoms with Gasteiger partial charge < -0.3 is 10.0 Å². The van der Waals surface area contributed by atoms with Crippen molar-refractivity contribution in [2.45, 2.75) is 38.8 Å². The first kappa shape index (κ1) is 19.5. The largest absolute Gasteiger partial charge is 0.508 e. The minimum Gasteiger partial charge on any atom is -0.508 e. The molecule has 0 aromatic heterocycles. The predicted molar refractivity (Wildman–Crippen MR) is 118 cm³/mol. The Morgan fingerprint density at radius 3 is 2.41 bits per heavy atom. The van der Waals surface area contributed by atoms with Crippen LogP contribution in [0.1, 0.15) is 31.7 Å². The number of hydrogen-bond donors (Lipinski definition) is 1. The topological polar surface area (TPSA) is 43.8 Å². The third kappa shape index (κ3) is 4.43. The van der Waals surface area contributed by atoms with E-state index < -0.39 is 0 Å². The van der Waals surface area contributed by atoms with Gasteiger partial charge in [0.15, 0.2) is 0 Å². The number of carbonyl (C=O) groups excluding carboxylic acids is 1. The second-order valence-corrected chi connectivity index (χ2v) is 7.83. The summed E-state index contributed by atoms with van der Waals surface area (Å²) in [4.78, 5) is 17.3. The molecule has 0 saturated carbocycles. The minimum absolute atomic E-state index is 0.171. The molecule has 4 nitrogen and oxygen atoms in total. The van der Waals surface area contributed by atoms with E-state index in [1.54, 1.807) is 12.1 Å². The predicted octanol–water partition coefficient (Wildman–Crippen LogP) is 4.95. The van der Waals surface area contributed by atoms with Crippen molar-refractivity contribution in [3.05, 3.63) is 72.3 Å². The third-order valence-electron chi connectivity index (χ3n) is 5.83. The molecule has 1 amide bonds. The Kier molecular flexibility index (Phi) is 5.81. The molecule has 0 unspecified atom stereocenters. The van der Waals surface area contributed by atoms with Crippen LogP contribution in [0.3, 0.4) is 0 Å². The first-order valence-corrected chi connectivity index (χ1v) is 10.4. The van der Waals surface area contributed by atoms with Gasteiger partial charge in [-0.05, 0) is 53.4 Å². The maximum absolute atomic E-state index is 12.8. The molecule has 1 fully saturated rings. The molecular formula is C25H28N2O2. The number of piperidine rings is 1. The summed E-state index contributed by atoms with van der Waals surface area (Å²) in [6, 6.07) is 22.2. The van der Waals surface area contributed by atoms with Crippen LogP contribution in [0, 0.1) is 0 Å². The zero-order chi connectivity index (χ0) is 20.2. The summed E-state index contributed by atoms with van der Waals surface area (Å²) in [6.07, 6.45) is 2.45. The standard InChI is InChI=1S/C25H28N2O2/c1-2-25(29)27(23-10-8-21-17-24(28)11-9-20(21)16-23)22-12-14-26(15-13-22)18-19-6-4-3-5-7-19/h3-11,16-17,22,28H,2,12-15,18H2,1H3. The first-order valence-electron chi connectivity index (χ1n) is 10.4. The van der Waals surface area contributed by atoms with Crippen LogP contribution >= 0.6 is 0 Å². The fourth-order valence-electron chi connectivity index (χ4n) is 4.28. The number of hydrogen-bond acceptors (Lipinski definition) is 3. The molecule has 4 rings (SSSR count). The second-order valence-electron chi connectivity index (χ2n) is 7.83. The van der Waals surface area contributed by atoms with Gasteiger partial charge >= 0.3 is 0 Å². The summed E-state index contributed by atoms with van der Waals surface area (Å²) in [6.45, 7) is 4.89. The SMILES string of the molecule is CCC(=O)N(c1ccc2cc(O)ccc2c1)C1CCN(Cc2ccccc2)CC1. The van der Waals surface area contributed by atoms with E-state index in [1.165, 1.54) is 5.56 Å². The Morgan fingerprint density at radius 1 is 1.00 bits per heavy atom. The van der Waals surface area contributed by atoms with Crippen molar-refractivity contribution in [2.75, 3.05) is 18.0 Å². The summed E-state index contributed by atoms with van der Waals surface area (Å²) >= 11 is 0. The Morgan fingerprint density at radius 2 is 1.69 bits per heavy atom. The van der Waals surface area contributed by atoms with Gasteiger partial charge in [-0.25, -0.2) is 0 Å². The Balaban J connectivity index is 1.51. The molecule has 1 heterocycles. The molecule has 4 heteroatoms. The number of carbonyl (C=O) groups is 1. The molecule has 3 aromatic rings. The lowest BCUT2D eigenvalue weighted by Gasteiger charge is -2.38. The number of benzene rings is 3. The van der Waals surface area contributed by atoms with Crippen LogP contribution in [0.5, 0.6) is 5.75 Å². The van der Waals surface area contributed by atoms with Crippen molar-refractivity contribution < 1.29 is 9.90 Å². The van der Waals surface area contributed by atoms with E-state index >= 15 is 0 Å². The molecule has 0 aliphatic carbocycles. The van der Waals surface area contributed by atoms with Crippen LogP contribution in [-0.2, 0) is 11.3 Å². The highest BCUT2D eigenvalue weighted by molar-refractivity contribution is 5.97. The highest BCUT2D eigenvalue weighted by Crippen LogP contribution is 2.29. The van der Waals surface area contributed by atoms with E-state index in [0.717, 1.165) is 48.9 Å². The molecular weight excluding hydrogens is 360 g/mol. The molecule has 3 aromatic carbocycles. The number of fused-ring (bicyclic) bond motifs is 1. The number of amides is 1. The normalized spacial score (nSPS) is 15.5. The highest BCUT2D eigenvalue weighted by Gasteiger charge is 2.28. The monoisotopic (exact) mass is 388 g/mol. The molecule has 150 valence electrons. The molecule has 0 radical (unpaired) electrons. The summed E-state index contributed by atoms with van der Waals surface area (Å²) in [7, 11) is 0. The fourth-order valence-corrected chi connectivity index (χ4v) is 4.28. The van der Waals surface area contributed by atoms with Gasteiger partial charge in [-0.15, -0.1) is 0 Å². The molecule has 29 heavy (non-hydrogen) atoms. The van der Waals surface area contributed by atoms with Gasteiger partial charge in [0.2, 0.25) is 5.91 Å². The van der Waals surface area contributed by atoms with Crippen molar-refractivity contribution in [2.24, 2.45) is 0 Å². The quantitative estimate of drug-likeness (QED) is 0.672. The van der Waals surface area contributed by atoms with E-state index in [9.17, 15) is 9.90 Å². The maximum Gasteiger partial charge on any atom is 0.226 e. The van der Waals surface area contributed by atoms with Crippen LogP contribution in [0.15, 0.2) is 66.7 Å². The Bertz CT molecular complexity index is 979. The Hall–Kier alpha value is -2.85. The summed E-state index contributed by atoms with van der Waals surface area (Å²) < 4.78 is 0. The number of phenols is 1. The lowest BCUT2D eigenvalue weighted by Crippen LogP contribution is -2.47. The van der Waals surface area contributed by atoms with Crippen molar-refractivity contribution in [3.63, 3.8) is 0 Å². The van der Waals surface area contributed by atoms with Crippen LogP contribution in [0.4, 0.5) is 5.69 Å². The summed E-state index contributed by atoms with van der Waals surface area (Å²) in [5.74, 6) is 0.433. The highest BCUT2D eigenvalue weighted by atomic mass is 16.3. The van der Waals surface area contributed by atoms with E-state index in [-0.39, 0.29) is 17.7 Å². The zero-order valence-electron chi connectivity index (χ0n) is 16.9. The summed E-state index contributed by atoms with van der Waals surface area (Å²) in [5, 5.41) is 11.7. The number of rotatable bonds is 5. The number of likely N-dealkylation sites (tertiary alicyclic amines) is 1. The van der Waals surface area contributed by atoms with Gasteiger partial charge in [0.25, 0.3) is 0 Å². The average Bonchev–Trinajstić information content (AvgIpc) is 2.75. The van der Waals surface area contributed by atoms with Crippen LogP contribution < -0.4 is 4.90 Å². The molecule has 0 atom stereocenters. The van der Waals surface area contributed by atoms with Crippen molar-refractivity contribution >= 4 is 22.4 Å². The zero-order valence-corrected chi connectivity index (χ0v) is 16.9. The lowest BCUT2D eigenvalue weighted by atomic mass is 10.00. The number of phenolic OH excluding ortho intramolecular Hbond substituents is 1. The molecule has 0 spiro atoms. The van der Waals surface area contributed by atoms with Crippen molar-refractivity contribution in [3.8, 4) is 5.75 Å². The van der Waals surface area contributed by atoms with E-state index in [0.29, 0.717) is 6.42 Å². The van der Waals surface area contributed by atoms with Gasteiger partial charge in [0.1, 0.15) is 5.75 Å². The van der Waals surface area contributed by atoms with Gasteiger partial charge in [-0.2, -0.15) is 0 Å². The van der Waals surface area contributed by atoms with Crippen molar-refractivity contribution in [1.82, 2.24) is 4.90 Å². The average molecular weight is 389 g/mol. The fraction of sp³-hybridized carbons (Fsp3) is 0.320. The minimum atomic E-state index is 0.171. The Labute approximate surface area is 172 Å². The van der Waals surface area contributed by atoms with Gasteiger partial charge in [-0.3, -0.25) is 9.69 Å². The second kappa shape index (κ2) is 8.66. The molecule has 1 N–H and O–H groups in total. The van der Waals surface area contributed by atoms with Crippen molar-refractivity contribution in [1.29, 1.82) is 0 Å². The smallest absolute Gasteiger partial charge is 0.226 e. The first-order chi connectivity index (χ1) is 14.1. The van der Waals surface area contributed by atoms with E-state index in [2.05, 4.69) is 41.3 Å². The lowest BCUT2D eigenvalue weighted by molar-refractivity contribution is -0.119. The number of nitrogens with zero attached hydrogens (tertiary/aromatic N) is 2. The van der Waals surface area contributed by atoms with E-state index in [1.807, 2.05) is 30.0 Å². The summed E-state index contributed by atoms with van der Waals surface area (Å²) in [5.41, 5.74) is 2.29. The maximum atomic E-state index is 12.8. The number of aromatic hydroxyl groups is 1. The van der Waals surface area contributed by atoms with Crippen LogP contribution in [0.25, 0.3) is 10.8 Å². The van der Waals surface area contributed by atoms with E-state index in [4.69, 9.17) is 0 Å². The molecule has 1 aliphatic heterocycles. The molecule has 0 bridgehead atoms. The van der Waals surface area contributed by atoms with Gasteiger partial charge in [0.05, 0.1) is 0 Å².